The predicted molar refractivity (Wildman–Crippen MR) is 147 cm³/mol. The van der Waals surface area contributed by atoms with E-state index in [9.17, 15) is 14.4 Å². The van der Waals surface area contributed by atoms with Crippen molar-refractivity contribution in [3.8, 4) is 0 Å². The number of carbonyl (C=O) groups is 3. The maximum atomic E-state index is 13.9. The van der Waals surface area contributed by atoms with Gasteiger partial charge in [-0.05, 0) is 57.9 Å². The molecule has 3 rings (SSSR count). The van der Waals surface area contributed by atoms with Gasteiger partial charge in [0.2, 0.25) is 5.91 Å². The number of alkyl carbamates (subject to hydrolysis) is 1. The van der Waals surface area contributed by atoms with E-state index >= 15 is 0 Å². The van der Waals surface area contributed by atoms with Gasteiger partial charge in [-0.1, -0.05) is 49.6 Å². The van der Waals surface area contributed by atoms with Crippen molar-refractivity contribution in [2.24, 2.45) is 5.92 Å². The maximum absolute atomic E-state index is 13.9. The molecule has 1 aromatic carbocycles. The van der Waals surface area contributed by atoms with Crippen LogP contribution in [0, 0.1) is 5.92 Å². The average molecular weight is 547 g/mol. The van der Waals surface area contributed by atoms with Crippen LogP contribution in [0.4, 0.5) is 4.79 Å². The first-order valence-electron chi connectivity index (χ1n) is 14.3. The Kier molecular flexibility index (Phi) is 12.1. The summed E-state index contributed by atoms with van der Waals surface area (Å²) in [4.78, 5) is 40.7. The summed E-state index contributed by atoms with van der Waals surface area (Å²) in [7, 11) is 1.33. The number of nitrogens with zero attached hydrogens (tertiary/aromatic N) is 1. The number of hydrogen-bond acceptors (Lipinski definition) is 7. The number of rotatable bonds is 12. The molecule has 0 aromatic heterocycles. The summed E-state index contributed by atoms with van der Waals surface area (Å²) in [6.07, 6.45) is 5.94. The van der Waals surface area contributed by atoms with Crippen LogP contribution in [0.15, 0.2) is 30.3 Å². The zero-order valence-electron chi connectivity index (χ0n) is 24.0. The zero-order chi connectivity index (χ0) is 28.3. The molecular weight excluding hydrogens is 500 g/mol. The summed E-state index contributed by atoms with van der Waals surface area (Å²) in [5, 5.41) is 2.84. The number of likely N-dealkylation sites (tertiary alicyclic amines) is 1. The van der Waals surface area contributed by atoms with Gasteiger partial charge in [-0.15, -0.1) is 0 Å². The number of esters is 1. The van der Waals surface area contributed by atoms with E-state index < -0.39 is 29.7 Å². The van der Waals surface area contributed by atoms with Gasteiger partial charge in [-0.2, -0.15) is 0 Å². The number of hydrogen-bond donors (Lipinski definition) is 1. The van der Waals surface area contributed by atoms with Gasteiger partial charge in [-0.3, -0.25) is 4.79 Å². The number of methoxy groups -OCH3 is 1. The number of benzene rings is 1. The van der Waals surface area contributed by atoms with Gasteiger partial charge < -0.3 is 29.2 Å². The van der Waals surface area contributed by atoms with Crippen molar-refractivity contribution in [1.29, 1.82) is 0 Å². The fourth-order valence-electron chi connectivity index (χ4n) is 5.30. The summed E-state index contributed by atoms with van der Waals surface area (Å²) in [6.45, 7) is 7.37. The lowest BCUT2D eigenvalue weighted by Crippen LogP contribution is -2.55. The third-order valence-electron chi connectivity index (χ3n) is 7.23. The molecule has 1 heterocycles. The number of carbonyl (C=O) groups excluding carboxylic acids is 3. The van der Waals surface area contributed by atoms with Gasteiger partial charge in [0.1, 0.15) is 17.7 Å². The molecule has 2 fully saturated rings. The molecular formula is C30H46N2O7. The minimum atomic E-state index is -0.757. The van der Waals surface area contributed by atoms with Crippen LogP contribution < -0.4 is 5.32 Å². The lowest BCUT2D eigenvalue weighted by molar-refractivity contribution is -0.152. The lowest BCUT2D eigenvalue weighted by Gasteiger charge is -2.34. The Labute approximate surface area is 232 Å². The van der Waals surface area contributed by atoms with Crippen molar-refractivity contribution in [1.82, 2.24) is 10.2 Å². The second-order valence-electron chi connectivity index (χ2n) is 11.5. The van der Waals surface area contributed by atoms with Crippen molar-refractivity contribution in [3.05, 3.63) is 35.9 Å². The lowest BCUT2D eigenvalue weighted by atomic mass is 9.83. The highest BCUT2D eigenvalue weighted by Gasteiger charge is 2.45. The summed E-state index contributed by atoms with van der Waals surface area (Å²) >= 11 is 0. The Balaban J connectivity index is 1.54. The van der Waals surface area contributed by atoms with Crippen LogP contribution in [0.5, 0.6) is 0 Å². The van der Waals surface area contributed by atoms with Crippen LogP contribution in [0.25, 0.3) is 0 Å². The minimum absolute atomic E-state index is 0.00656. The average Bonchev–Trinajstić information content (AvgIpc) is 3.34. The molecule has 1 aliphatic heterocycles. The zero-order valence-corrected chi connectivity index (χ0v) is 24.0. The van der Waals surface area contributed by atoms with E-state index in [2.05, 4.69) is 5.32 Å². The third kappa shape index (κ3) is 10.1. The molecule has 218 valence electrons. The van der Waals surface area contributed by atoms with Crippen molar-refractivity contribution in [3.63, 3.8) is 0 Å². The van der Waals surface area contributed by atoms with Crippen molar-refractivity contribution >= 4 is 18.0 Å². The molecule has 2 amide bonds. The molecule has 9 nitrogen and oxygen atoms in total. The van der Waals surface area contributed by atoms with Gasteiger partial charge in [0, 0.05) is 26.2 Å². The second kappa shape index (κ2) is 15.2. The van der Waals surface area contributed by atoms with Crippen LogP contribution in [0.2, 0.25) is 0 Å². The maximum Gasteiger partial charge on any atom is 0.408 e. The van der Waals surface area contributed by atoms with E-state index in [0.717, 1.165) is 50.5 Å². The van der Waals surface area contributed by atoms with Gasteiger partial charge in [-0.25, -0.2) is 9.59 Å². The van der Waals surface area contributed by atoms with Crippen LogP contribution in [0.1, 0.15) is 77.7 Å². The molecule has 1 aromatic rings. The third-order valence-corrected chi connectivity index (χ3v) is 7.23. The normalized spacial score (nSPS) is 20.9. The summed E-state index contributed by atoms with van der Waals surface area (Å²) in [5.41, 5.74) is 0.462. The highest BCUT2D eigenvalue weighted by molar-refractivity contribution is 5.90. The van der Waals surface area contributed by atoms with Gasteiger partial charge in [0.05, 0.1) is 19.8 Å². The number of amides is 2. The van der Waals surface area contributed by atoms with E-state index in [1.54, 1.807) is 20.8 Å². The van der Waals surface area contributed by atoms with E-state index in [-0.39, 0.29) is 24.5 Å². The van der Waals surface area contributed by atoms with Crippen LogP contribution >= 0.6 is 0 Å². The molecule has 0 bridgehead atoms. The summed E-state index contributed by atoms with van der Waals surface area (Å²) in [6, 6.07) is 8.55. The summed E-state index contributed by atoms with van der Waals surface area (Å²) in [5.74, 6) is -0.750. The van der Waals surface area contributed by atoms with Crippen molar-refractivity contribution in [2.75, 3.05) is 26.9 Å². The Bertz CT molecular complexity index is 912. The van der Waals surface area contributed by atoms with Gasteiger partial charge in [0.15, 0.2) is 0 Å². The Morgan fingerprint density at radius 2 is 1.72 bits per heavy atom. The topological polar surface area (TPSA) is 103 Å². The number of nitrogens with one attached hydrogen (secondary N) is 1. The molecule has 9 heteroatoms. The molecule has 2 aliphatic rings. The largest absolute Gasteiger partial charge is 0.467 e. The van der Waals surface area contributed by atoms with E-state index in [4.69, 9.17) is 18.9 Å². The standard InChI is InChI=1S/C30H46N2O7/c1-30(2,3)39-29(35)31-26(23-15-9-6-10-16-23)27(33)32-20-24(19-25(32)28(34)36-4)38-18-12-11-17-37-21-22-13-7-5-8-14-22/h5,7-8,13-14,23-26H,6,9-12,15-21H2,1-4H3,(H,31,35)/t24-,25+,26+/m1/s1. The molecule has 3 atom stereocenters. The first-order valence-corrected chi connectivity index (χ1v) is 14.3. The molecule has 0 radical (unpaired) electrons. The fraction of sp³-hybridized carbons (Fsp3) is 0.700. The monoisotopic (exact) mass is 546 g/mol. The van der Waals surface area contributed by atoms with Gasteiger partial charge in [0.25, 0.3) is 0 Å². The molecule has 39 heavy (non-hydrogen) atoms. The first kappa shape index (κ1) is 30.9. The highest BCUT2D eigenvalue weighted by atomic mass is 16.6. The molecule has 1 saturated carbocycles. The Hall–Kier alpha value is -2.65. The van der Waals surface area contributed by atoms with Crippen LogP contribution in [-0.4, -0.2) is 73.5 Å². The van der Waals surface area contributed by atoms with E-state index in [0.29, 0.717) is 26.2 Å². The fourth-order valence-corrected chi connectivity index (χ4v) is 5.30. The smallest absolute Gasteiger partial charge is 0.408 e. The quantitative estimate of drug-likeness (QED) is 0.301. The van der Waals surface area contributed by atoms with E-state index in [1.165, 1.54) is 12.0 Å². The summed E-state index contributed by atoms with van der Waals surface area (Å²) < 4.78 is 22.3. The number of unbranched alkanes of at least 4 members (excludes halogenated alkanes) is 1. The van der Waals surface area contributed by atoms with Crippen LogP contribution in [-0.2, 0) is 35.1 Å². The Morgan fingerprint density at radius 3 is 2.38 bits per heavy atom. The molecule has 0 spiro atoms. The van der Waals surface area contributed by atoms with Gasteiger partial charge >= 0.3 is 12.1 Å². The first-order chi connectivity index (χ1) is 18.7. The number of ether oxygens (including phenoxy) is 4. The molecule has 1 N–H and O–H groups in total. The van der Waals surface area contributed by atoms with Crippen molar-refractivity contribution in [2.45, 2.75) is 103 Å². The Morgan fingerprint density at radius 1 is 1.03 bits per heavy atom. The van der Waals surface area contributed by atoms with Crippen LogP contribution in [0.3, 0.4) is 0 Å². The minimum Gasteiger partial charge on any atom is -0.467 e. The molecule has 0 unspecified atom stereocenters. The predicted octanol–water partition coefficient (Wildman–Crippen LogP) is 4.62. The SMILES string of the molecule is COC(=O)[C@@H]1C[C@@H](OCCCCOCc2ccccc2)CN1C(=O)[C@@H](NC(=O)OC(C)(C)C)C1CCCCC1. The second-order valence-corrected chi connectivity index (χ2v) is 11.5. The highest BCUT2D eigenvalue weighted by Crippen LogP contribution is 2.30. The van der Waals surface area contributed by atoms with Crippen molar-refractivity contribution < 1.29 is 33.3 Å². The molecule has 1 saturated heterocycles. The van der Waals surface area contributed by atoms with E-state index in [1.807, 2.05) is 30.3 Å². The molecule has 1 aliphatic carbocycles.